The maximum atomic E-state index is 11.8. The molecule has 0 aromatic rings. The molecule has 0 spiro atoms. The third-order valence-corrected chi connectivity index (χ3v) is 3.17. The molecule has 1 heteroatoms. The second-order valence-corrected chi connectivity index (χ2v) is 4.09. The third kappa shape index (κ3) is 1.90. The number of hydrogen-bond donors (Lipinski definition) is 0. The monoisotopic (exact) mass is 178 g/mol. The van der Waals surface area contributed by atoms with Crippen LogP contribution in [0.4, 0.5) is 0 Å². The fourth-order valence-corrected chi connectivity index (χ4v) is 1.77. The van der Waals surface area contributed by atoms with Gasteiger partial charge >= 0.3 is 0 Å². The average Bonchev–Trinajstić information content (AvgIpc) is 2.11. The van der Waals surface area contributed by atoms with Crippen molar-refractivity contribution in [1.29, 1.82) is 0 Å². The number of allylic oxidation sites excluding steroid dienone is 4. The van der Waals surface area contributed by atoms with Crippen molar-refractivity contribution in [3.63, 3.8) is 0 Å². The lowest BCUT2D eigenvalue weighted by Crippen LogP contribution is -2.34. The highest BCUT2D eigenvalue weighted by molar-refractivity contribution is 5.94. The van der Waals surface area contributed by atoms with Gasteiger partial charge in [0.2, 0.25) is 0 Å². The van der Waals surface area contributed by atoms with Gasteiger partial charge in [-0.1, -0.05) is 32.1 Å². The van der Waals surface area contributed by atoms with E-state index in [1.807, 2.05) is 13.0 Å². The predicted octanol–water partition coefficient (Wildman–Crippen LogP) is 3.12. The Hall–Kier alpha value is -0.850. The molecular weight excluding hydrogens is 160 g/mol. The lowest BCUT2D eigenvalue weighted by atomic mass is 9.68. The van der Waals surface area contributed by atoms with Crippen molar-refractivity contribution >= 4 is 5.78 Å². The third-order valence-electron chi connectivity index (χ3n) is 3.17. The predicted molar refractivity (Wildman–Crippen MR) is 55.5 cm³/mol. The molecule has 2 atom stereocenters. The Morgan fingerprint density at radius 3 is 2.77 bits per heavy atom. The van der Waals surface area contributed by atoms with Gasteiger partial charge in [-0.05, 0) is 31.8 Å². The zero-order valence-electron chi connectivity index (χ0n) is 8.71. The van der Waals surface area contributed by atoms with E-state index >= 15 is 0 Å². The summed E-state index contributed by atoms with van der Waals surface area (Å²) in [6, 6.07) is 0. The first-order chi connectivity index (χ1) is 6.11. The minimum absolute atomic E-state index is 0.165. The quantitative estimate of drug-likeness (QED) is 0.469. The fraction of sp³-hybridized carbons (Fsp3) is 0.583. The van der Waals surface area contributed by atoms with Crippen LogP contribution in [-0.4, -0.2) is 5.78 Å². The van der Waals surface area contributed by atoms with Crippen LogP contribution in [0, 0.1) is 11.3 Å². The van der Waals surface area contributed by atoms with Crippen LogP contribution < -0.4 is 0 Å². The van der Waals surface area contributed by atoms with Crippen molar-refractivity contribution in [2.45, 2.75) is 33.6 Å². The largest absolute Gasteiger partial charge is 0.294 e. The number of ketones is 1. The molecule has 2 unspecified atom stereocenters. The van der Waals surface area contributed by atoms with Crippen LogP contribution in [0.3, 0.4) is 0 Å². The number of carbonyl (C=O) groups is 1. The lowest BCUT2D eigenvalue weighted by molar-refractivity contribution is -0.125. The molecule has 0 saturated carbocycles. The first-order valence-corrected chi connectivity index (χ1v) is 4.93. The molecule has 0 heterocycles. The normalized spacial score (nSPS) is 33.9. The molecular formula is C12H18O. The first-order valence-electron chi connectivity index (χ1n) is 4.93. The molecule has 1 nitrogen and oxygen atoms in total. The molecule has 1 aliphatic rings. The van der Waals surface area contributed by atoms with Crippen molar-refractivity contribution in [2.75, 3.05) is 0 Å². The van der Waals surface area contributed by atoms with E-state index in [4.69, 9.17) is 0 Å². The standard InChI is InChI=1S/C12H18O/c1-4-7-11(13)12(3)9-6-5-8-10(12)2/h4-7,10H,8-9H2,1-3H3/b7-4+. The van der Waals surface area contributed by atoms with E-state index in [9.17, 15) is 4.79 Å². The Kier molecular flexibility index (Phi) is 3.07. The molecule has 0 bridgehead atoms. The van der Waals surface area contributed by atoms with Crippen molar-refractivity contribution in [3.8, 4) is 0 Å². The summed E-state index contributed by atoms with van der Waals surface area (Å²) < 4.78 is 0. The van der Waals surface area contributed by atoms with Gasteiger partial charge in [0.15, 0.2) is 5.78 Å². The molecule has 72 valence electrons. The molecule has 0 aromatic heterocycles. The summed E-state index contributed by atoms with van der Waals surface area (Å²) in [7, 11) is 0. The highest BCUT2D eigenvalue weighted by atomic mass is 16.1. The van der Waals surface area contributed by atoms with E-state index in [2.05, 4.69) is 26.0 Å². The summed E-state index contributed by atoms with van der Waals surface area (Å²) in [5.74, 6) is 0.730. The minimum atomic E-state index is -0.165. The molecule has 1 rings (SSSR count). The molecule has 0 N–H and O–H groups in total. The van der Waals surface area contributed by atoms with E-state index in [-0.39, 0.29) is 11.2 Å². The van der Waals surface area contributed by atoms with Crippen molar-refractivity contribution < 1.29 is 4.79 Å². The van der Waals surface area contributed by atoms with Gasteiger partial charge in [-0.3, -0.25) is 4.79 Å². The second-order valence-electron chi connectivity index (χ2n) is 4.09. The topological polar surface area (TPSA) is 17.1 Å². The molecule has 0 radical (unpaired) electrons. The summed E-state index contributed by atoms with van der Waals surface area (Å²) >= 11 is 0. The van der Waals surface area contributed by atoms with Crippen LogP contribution in [0.25, 0.3) is 0 Å². The van der Waals surface area contributed by atoms with Crippen LogP contribution in [0.1, 0.15) is 33.6 Å². The van der Waals surface area contributed by atoms with E-state index in [1.165, 1.54) is 0 Å². The minimum Gasteiger partial charge on any atom is -0.294 e. The Labute approximate surface area is 80.5 Å². The SMILES string of the molecule is C/C=C/C(=O)C1(C)CC=CCC1C. The highest BCUT2D eigenvalue weighted by Gasteiger charge is 2.36. The number of rotatable bonds is 2. The summed E-state index contributed by atoms with van der Waals surface area (Å²) in [4.78, 5) is 11.8. The zero-order chi connectivity index (χ0) is 9.90. The molecule has 0 aromatic carbocycles. The maximum absolute atomic E-state index is 11.8. The van der Waals surface area contributed by atoms with Crippen LogP contribution in [-0.2, 0) is 4.79 Å². The van der Waals surface area contributed by atoms with Crippen molar-refractivity contribution in [3.05, 3.63) is 24.3 Å². The van der Waals surface area contributed by atoms with Gasteiger partial charge in [0.25, 0.3) is 0 Å². The Balaban J connectivity index is 2.85. The van der Waals surface area contributed by atoms with Gasteiger partial charge in [-0.2, -0.15) is 0 Å². The molecule has 13 heavy (non-hydrogen) atoms. The molecule has 0 aliphatic heterocycles. The lowest BCUT2D eigenvalue weighted by Gasteiger charge is -2.34. The van der Waals surface area contributed by atoms with Gasteiger partial charge in [-0.25, -0.2) is 0 Å². The highest BCUT2D eigenvalue weighted by Crippen LogP contribution is 2.38. The van der Waals surface area contributed by atoms with Gasteiger partial charge in [0.1, 0.15) is 0 Å². The number of hydrogen-bond acceptors (Lipinski definition) is 1. The van der Waals surface area contributed by atoms with Crippen LogP contribution >= 0.6 is 0 Å². The van der Waals surface area contributed by atoms with E-state index in [0.29, 0.717) is 5.92 Å². The first kappa shape index (κ1) is 10.2. The van der Waals surface area contributed by atoms with E-state index < -0.39 is 0 Å². The average molecular weight is 178 g/mol. The van der Waals surface area contributed by atoms with Gasteiger partial charge in [0.05, 0.1) is 0 Å². The summed E-state index contributed by atoms with van der Waals surface area (Å²) in [5.41, 5.74) is -0.165. The van der Waals surface area contributed by atoms with E-state index in [1.54, 1.807) is 6.08 Å². The summed E-state index contributed by atoms with van der Waals surface area (Å²) in [5, 5.41) is 0. The maximum Gasteiger partial charge on any atom is 0.161 e. The van der Waals surface area contributed by atoms with Crippen LogP contribution in [0.2, 0.25) is 0 Å². The Bertz CT molecular complexity index is 250. The molecule has 0 amide bonds. The molecule has 0 saturated heterocycles. The van der Waals surface area contributed by atoms with Crippen molar-refractivity contribution in [2.24, 2.45) is 11.3 Å². The van der Waals surface area contributed by atoms with Crippen LogP contribution in [0.15, 0.2) is 24.3 Å². The molecule has 1 aliphatic carbocycles. The second kappa shape index (κ2) is 3.91. The Morgan fingerprint density at radius 1 is 1.54 bits per heavy atom. The van der Waals surface area contributed by atoms with Crippen molar-refractivity contribution in [1.82, 2.24) is 0 Å². The van der Waals surface area contributed by atoms with Gasteiger partial charge in [-0.15, -0.1) is 0 Å². The Morgan fingerprint density at radius 2 is 2.23 bits per heavy atom. The summed E-state index contributed by atoms with van der Waals surface area (Å²) in [6.45, 7) is 6.12. The van der Waals surface area contributed by atoms with Gasteiger partial charge in [0, 0.05) is 5.41 Å². The van der Waals surface area contributed by atoms with Crippen LogP contribution in [0.5, 0.6) is 0 Å². The van der Waals surface area contributed by atoms with E-state index in [0.717, 1.165) is 12.8 Å². The number of carbonyl (C=O) groups excluding carboxylic acids is 1. The fourth-order valence-electron chi connectivity index (χ4n) is 1.77. The van der Waals surface area contributed by atoms with Gasteiger partial charge < -0.3 is 0 Å². The molecule has 0 fully saturated rings. The zero-order valence-corrected chi connectivity index (χ0v) is 8.71. The smallest absolute Gasteiger partial charge is 0.161 e. The summed E-state index contributed by atoms with van der Waals surface area (Å²) in [6.07, 6.45) is 9.75.